The highest BCUT2D eigenvalue weighted by Crippen LogP contribution is 2.36. The topological polar surface area (TPSA) is 61.5 Å². The second-order valence-corrected chi connectivity index (χ2v) is 6.45. The van der Waals surface area contributed by atoms with Crippen molar-refractivity contribution in [2.24, 2.45) is 0 Å². The molecule has 2 aromatic carbocycles. The molecule has 0 atom stereocenters. The fraction of sp³-hybridized carbons (Fsp3) is 0.118. The van der Waals surface area contributed by atoms with Crippen molar-refractivity contribution in [2.45, 2.75) is 0 Å². The summed E-state index contributed by atoms with van der Waals surface area (Å²) in [6.07, 6.45) is 0. The SMILES string of the molecule is Fc1ccc(-c2nnc3sc(-c4ccc5c(c4)OCCO5)nn23)cc1. The minimum Gasteiger partial charge on any atom is -0.486 e. The quantitative estimate of drug-likeness (QED) is 0.552. The number of aromatic nitrogens is 4. The van der Waals surface area contributed by atoms with E-state index >= 15 is 0 Å². The van der Waals surface area contributed by atoms with Crippen LogP contribution in [0.25, 0.3) is 26.9 Å². The molecule has 0 spiro atoms. The van der Waals surface area contributed by atoms with Gasteiger partial charge in [0.2, 0.25) is 4.96 Å². The molecule has 5 rings (SSSR count). The molecule has 0 bridgehead atoms. The third-order valence-electron chi connectivity index (χ3n) is 3.88. The van der Waals surface area contributed by atoms with Gasteiger partial charge in [-0.05, 0) is 42.5 Å². The standard InChI is InChI=1S/C17H11FN4O2S/c18-12-4-1-10(2-5-12)15-19-20-17-22(15)21-16(25-17)11-3-6-13-14(9-11)24-8-7-23-13/h1-6,9H,7-8H2. The molecule has 8 heteroatoms. The van der Waals surface area contributed by atoms with E-state index in [0.29, 0.717) is 29.7 Å². The van der Waals surface area contributed by atoms with Crippen molar-refractivity contribution in [3.63, 3.8) is 0 Å². The molecule has 0 saturated carbocycles. The first-order valence-corrected chi connectivity index (χ1v) is 8.48. The second kappa shape index (κ2) is 5.52. The van der Waals surface area contributed by atoms with E-state index < -0.39 is 0 Å². The minimum atomic E-state index is -0.292. The molecule has 0 unspecified atom stereocenters. The Morgan fingerprint density at radius 2 is 1.68 bits per heavy atom. The highest BCUT2D eigenvalue weighted by molar-refractivity contribution is 7.19. The van der Waals surface area contributed by atoms with Crippen LogP contribution in [0.1, 0.15) is 0 Å². The Labute approximate surface area is 145 Å². The maximum Gasteiger partial charge on any atom is 0.235 e. The van der Waals surface area contributed by atoms with E-state index in [2.05, 4.69) is 15.3 Å². The van der Waals surface area contributed by atoms with E-state index in [1.807, 2.05) is 18.2 Å². The third-order valence-corrected chi connectivity index (χ3v) is 4.83. The number of fused-ring (bicyclic) bond motifs is 2. The molecule has 1 aliphatic rings. The molecule has 0 amide bonds. The van der Waals surface area contributed by atoms with Crippen molar-refractivity contribution in [1.29, 1.82) is 0 Å². The summed E-state index contributed by atoms with van der Waals surface area (Å²) in [7, 11) is 0. The van der Waals surface area contributed by atoms with Gasteiger partial charge in [0.25, 0.3) is 0 Å². The summed E-state index contributed by atoms with van der Waals surface area (Å²) in [5.41, 5.74) is 1.68. The smallest absolute Gasteiger partial charge is 0.235 e. The van der Waals surface area contributed by atoms with E-state index in [1.54, 1.807) is 16.6 Å². The Hall–Kier alpha value is -3.00. The number of rotatable bonds is 2. The zero-order valence-corrected chi connectivity index (χ0v) is 13.7. The lowest BCUT2D eigenvalue weighted by Gasteiger charge is -2.18. The van der Waals surface area contributed by atoms with Crippen LogP contribution < -0.4 is 9.47 Å². The van der Waals surface area contributed by atoms with Crippen LogP contribution in [0.15, 0.2) is 42.5 Å². The summed E-state index contributed by atoms with van der Waals surface area (Å²) in [6.45, 7) is 1.10. The van der Waals surface area contributed by atoms with Crippen LogP contribution in [0.4, 0.5) is 4.39 Å². The van der Waals surface area contributed by atoms with Crippen molar-refractivity contribution in [3.05, 3.63) is 48.3 Å². The number of hydrogen-bond acceptors (Lipinski definition) is 6. The van der Waals surface area contributed by atoms with E-state index in [1.165, 1.54) is 23.5 Å². The molecular formula is C17H11FN4O2S. The third kappa shape index (κ3) is 2.42. The van der Waals surface area contributed by atoms with Gasteiger partial charge in [-0.2, -0.15) is 9.61 Å². The van der Waals surface area contributed by atoms with Gasteiger partial charge in [0, 0.05) is 11.1 Å². The zero-order valence-electron chi connectivity index (χ0n) is 12.8. The van der Waals surface area contributed by atoms with Crippen LogP contribution in [0.5, 0.6) is 11.5 Å². The normalized spacial score (nSPS) is 13.3. The van der Waals surface area contributed by atoms with Gasteiger partial charge in [-0.1, -0.05) is 11.3 Å². The molecule has 2 aromatic heterocycles. The number of benzene rings is 2. The molecule has 0 N–H and O–H groups in total. The van der Waals surface area contributed by atoms with Gasteiger partial charge >= 0.3 is 0 Å². The molecule has 3 heterocycles. The summed E-state index contributed by atoms with van der Waals surface area (Å²) >= 11 is 1.43. The van der Waals surface area contributed by atoms with Crippen LogP contribution in [0.2, 0.25) is 0 Å². The lowest BCUT2D eigenvalue weighted by Crippen LogP contribution is -2.15. The average molecular weight is 354 g/mol. The van der Waals surface area contributed by atoms with Crippen molar-refractivity contribution < 1.29 is 13.9 Å². The largest absolute Gasteiger partial charge is 0.486 e. The van der Waals surface area contributed by atoms with Crippen molar-refractivity contribution in [1.82, 2.24) is 19.8 Å². The number of hydrogen-bond donors (Lipinski definition) is 0. The monoisotopic (exact) mass is 354 g/mol. The van der Waals surface area contributed by atoms with Crippen molar-refractivity contribution >= 4 is 16.3 Å². The predicted molar refractivity (Wildman–Crippen MR) is 90.5 cm³/mol. The highest BCUT2D eigenvalue weighted by atomic mass is 32.1. The van der Waals surface area contributed by atoms with Crippen LogP contribution in [0.3, 0.4) is 0 Å². The van der Waals surface area contributed by atoms with E-state index in [4.69, 9.17) is 9.47 Å². The molecule has 0 saturated heterocycles. The maximum atomic E-state index is 13.1. The summed E-state index contributed by atoms with van der Waals surface area (Å²) in [4.78, 5) is 0.671. The molecule has 25 heavy (non-hydrogen) atoms. The maximum absolute atomic E-state index is 13.1. The molecular weight excluding hydrogens is 343 g/mol. The van der Waals surface area contributed by atoms with Gasteiger partial charge in [-0.25, -0.2) is 4.39 Å². The van der Waals surface area contributed by atoms with Gasteiger partial charge in [0.1, 0.15) is 24.0 Å². The predicted octanol–water partition coefficient (Wildman–Crippen LogP) is 3.43. The Kier molecular flexibility index (Phi) is 3.17. The summed E-state index contributed by atoms with van der Waals surface area (Å²) in [5.74, 6) is 1.74. The Balaban J connectivity index is 1.58. The lowest BCUT2D eigenvalue weighted by atomic mass is 10.2. The van der Waals surface area contributed by atoms with E-state index in [0.717, 1.165) is 21.9 Å². The summed E-state index contributed by atoms with van der Waals surface area (Å²) in [6, 6.07) is 11.8. The van der Waals surface area contributed by atoms with Gasteiger partial charge in [-0.15, -0.1) is 10.2 Å². The Morgan fingerprint density at radius 3 is 2.52 bits per heavy atom. The van der Waals surface area contributed by atoms with Gasteiger partial charge in [0.15, 0.2) is 17.3 Å². The van der Waals surface area contributed by atoms with Crippen molar-refractivity contribution in [2.75, 3.05) is 13.2 Å². The molecule has 6 nitrogen and oxygen atoms in total. The van der Waals surface area contributed by atoms with Crippen LogP contribution in [-0.4, -0.2) is 33.0 Å². The van der Waals surface area contributed by atoms with Crippen molar-refractivity contribution in [3.8, 4) is 33.5 Å². The van der Waals surface area contributed by atoms with Crippen LogP contribution in [-0.2, 0) is 0 Å². The first-order chi connectivity index (χ1) is 12.3. The molecule has 0 fully saturated rings. The lowest BCUT2D eigenvalue weighted by molar-refractivity contribution is 0.171. The van der Waals surface area contributed by atoms with Crippen LogP contribution >= 0.6 is 11.3 Å². The van der Waals surface area contributed by atoms with Gasteiger partial charge in [0.05, 0.1) is 0 Å². The van der Waals surface area contributed by atoms with Gasteiger partial charge < -0.3 is 9.47 Å². The number of nitrogens with zero attached hydrogens (tertiary/aromatic N) is 4. The number of halogens is 1. The highest BCUT2D eigenvalue weighted by Gasteiger charge is 2.17. The Bertz CT molecular complexity index is 1070. The first kappa shape index (κ1) is 14.4. The average Bonchev–Trinajstić information content (AvgIpc) is 3.23. The van der Waals surface area contributed by atoms with E-state index in [9.17, 15) is 4.39 Å². The molecule has 124 valence electrons. The molecule has 0 aliphatic carbocycles. The number of ether oxygens (including phenoxy) is 2. The fourth-order valence-electron chi connectivity index (χ4n) is 2.69. The van der Waals surface area contributed by atoms with E-state index in [-0.39, 0.29) is 5.82 Å². The molecule has 0 radical (unpaired) electrons. The molecule has 1 aliphatic heterocycles. The minimum absolute atomic E-state index is 0.292. The fourth-order valence-corrected chi connectivity index (χ4v) is 3.52. The van der Waals surface area contributed by atoms with Gasteiger partial charge in [-0.3, -0.25) is 0 Å². The summed E-state index contributed by atoms with van der Waals surface area (Å²) < 4.78 is 26.0. The first-order valence-electron chi connectivity index (χ1n) is 7.66. The zero-order chi connectivity index (χ0) is 16.8. The molecule has 4 aromatic rings. The van der Waals surface area contributed by atoms with Crippen LogP contribution in [0, 0.1) is 5.82 Å². The summed E-state index contributed by atoms with van der Waals surface area (Å²) in [5, 5.41) is 13.7. The second-order valence-electron chi connectivity index (χ2n) is 5.49. The Morgan fingerprint density at radius 1 is 0.920 bits per heavy atom.